The van der Waals surface area contributed by atoms with Crippen molar-refractivity contribution >= 4 is 12.2 Å². The molecule has 0 heterocycles. The van der Waals surface area contributed by atoms with Gasteiger partial charge in [-0.15, -0.1) is 0 Å². The van der Waals surface area contributed by atoms with Crippen LogP contribution in [0.25, 0.3) is 0 Å². The van der Waals surface area contributed by atoms with E-state index in [0.29, 0.717) is 23.3 Å². The summed E-state index contributed by atoms with van der Waals surface area (Å²) in [7, 11) is 0. The van der Waals surface area contributed by atoms with Crippen LogP contribution >= 0.6 is 0 Å². The topological polar surface area (TPSA) is 69.4 Å². The number of benzene rings is 2. The fraction of sp³-hybridized carbons (Fsp3) is 0. The second-order valence-corrected chi connectivity index (χ2v) is 3.62. The third kappa shape index (κ3) is 2.38. The van der Waals surface area contributed by atoms with E-state index in [1.807, 2.05) is 0 Å². The zero-order valence-corrected chi connectivity index (χ0v) is 9.50. The number of hydrogen-bond acceptors (Lipinski definition) is 3. The zero-order valence-electron chi connectivity index (χ0n) is 9.50. The number of amides is 1. The maximum Gasteiger partial charge on any atom is 0.252 e. The molecule has 0 fully saturated rings. The van der Waals surface area contributed by atoms with E-state index >= 15 is 0 Å². The summed E-state index contributed by atoms with van der Waals surface area (Å²) in [5.74, 6) is 0.148. The fourth-order valence-corrected chi connectivity index (χ4v) is 1.55. The Bertz CT molecular complexity index is 593. The second-order valence-electron chi connectivity index (χ2n) is 3.62. The van der Waals surface area contributed by atoms with Gasteiger partial charge in [0.05, 0.1) is 11.1 Å². The van der Waals surface area contributed by atoms with Gasteiger partial charge in [-0.3, -0.25) is 9.59 Å². The Kier molecular flexibility index (Phi) is 3.38. The Morgan fingerprint density at radius 2 is 1.61 bits per heavy atom. The predicted molar refractivity (Wildman–Crippen MR) is 66.9 cm³/mol. The van der Waals surface area contributed by atoms with Crippen LogP contribution < -0.4 is 10.5 Å². The van der Waals surface area contributed by atoms with Crippen molar-refractivity contribution < 1.29 is 14.3 Å². The van der Waals surface area contributed by atoms with E-state index in [1.54, 1.807) is 48.5 Å². The maximum atomic E-state index is 11.2. The van der Waals surface area contributed by atoms with Gasteiger partial charge in [-0.1, -0.05) is 24.3 Å². The lowest BCUT2D eigenvalue weighted by atomic mass is 10.2. The van der Waals surface area contributed by atoms with Gasteiger partial charge in [0.25, 0.3) is 5.91 Å². The maximum absolute atomic E-state index is 11.2. The molecule has 2 rings (SSSR count). The highest BCUT2D eigenvalue weighted by Gasteiger charge is 2.10. The monoisotopic (exact) mass is 241 g/mol. The summed E-state index contributed by atoms with van der Waals surface area (Å²) in [4.78, 5) is 22.1. The van der Waals surface area contributed by atoms with E-state index < -0.39 is 5.91 Å². The molecule has 0 spiro atoms. The smallest absolute Gasteiger partial charge is 0.252 e. The number of para-hydroxylation sites is 2. The first kappa shape index (κ1) is 11.9. The Morgan fingerprint density at radius 3 is 2.28 bits per heavy atom. The quantitative estimate of drug-likeness (QED) is 0.835. The molecule has 2 N–H and O–H groups in total. The highest BCUT2D eigenvalue weighted by atomic mass is 16.5. The minimum atomic E-state index is -0.575. The molecule has 0 aliphatic heterocycles. The SMILES string of the molecule is NC(=O)c1ccccc1Oc1ccccc1C=O. The second kappa shape index (κ2) is 5.14. The molecule has 0 atom stereocenters. The lowest BCUT2D eigenvalue weighted by Crippen LogP contribution is -2.12. The van der Waals surface area contributed by atoms with Crippen molar-refractivity contribution in [1.82, 2.24) is 0 Å². The summed E-state index contributed by atoms with van der Waals surface area (Å²) in [6.45, 7) is 0. The van der Waals surface area contributed by atoms with E-state index in [4.69, 9.17) is 10.5 Å². The summed E-state index contributed by atoms with van der Waals surface area (Å²) in [6.07, 6.45) is 0.697. The normalized spacial score (nSPS) is 9.78. The number of nitrogens with two attached hydrogens (primary N) is 1. The van der Waals surface area contributed by atoms with Gasteiger partial charge in [0.1, 0.15) is 11.5 Å². The van der Waals surface area contributed by atoms with Crippen LogP contribution in [0.3, 0.4) is 0 Å². The number of carbonyl (C=O) groups excluding carboxylic acids is 2. The van der Waals surface area contributed by atoms with Gasteiger partial charge in [-0.05, 0) is 24.3 Å². The molecule has 0 saturated carbocycles. The largest absolute Gasteiger partial charge is 0.456 e. The number of rotatable bonds is 4. The van der Waals surface area contributed by atoms with Crippen molar-refractivity contribution in [3.8, 4) is 11.5 Å². The molecule has 2 aromatic rings. The Balaban J connectivity index is 2.40. The highest BCUT2D eigenvalue weighted by Crippen LogP contribution is 2.26. The first-order valence-corrected chi connectivity index (χ1v) is 5.33. The summed E-state index contributed by atoms with van der Waals surface area (Å²) < 4.78 is 5.56. The molecule has 0 aliphatic rings. The van der Waals surface area contributed by atoms with Crippen LogP contribution in [0.15, 0.2) is 48.5 Å². The lowest BCUT2D eigenvalue weighted by Gasteiger charge is -2.10. The number of primary amides is 1. The molecule has 0 saturated heterocycles. The van der Waals surface area contributed by atoms with Crippen LogP contribution in [0.1, 0.15) is 20.7 Å². The molecule has 0 bridgehead atoms. The van der Waals surface area contributed by atoms with Gasteiger partial charge >= 0.3 is 0 Å². The molecule has 0 radical (unpaired) electrons. The number of hydrogen-bond donors (Lipinski definition) is 1. The average molecular weight is 241 g/mol. The zero-order chi connectivity index (χ0) is 13.0. The first-order valence-electron chi connectivity index (χ1n) is 5.33. The Labute approximate surface area is 104 Å². The molecule has 90 valence electrons. The van der Waals surface area contributed by atoms with E-state index in [9.17, 15) is 9.59 Å². The van der Waals surface area contributed by atoms with E-state index in [2.05, 4.69) is 0 Å². The van der Waals surface area contributed by atoms with E-state index in [1.165, 1.54) is 0 Å². The van der Waals surface area contributed by atoms with Crippen molar-refractivity contribution in [3.63, 3.8) is 0 Å². The van der Waals surface area contributed by atoms with Crippen molar-refractivity contribution in [1.29, 1.82) is 0 Å². The molecule has 0 unspecified atom stereocenters. The van der Waals surface area contributed by atoms with Gasteiger partial charge in [-0.25, -0.2) is 0 Å². The summed E-state index contributed by atoms with van der Waals surface area (Å²) >= 11 is 0. The molecule has 2 aromatic carbocycles. The fourth-order valence-electron chi connectivity index (χ4n) is 1.55. The Morgan fingerprint density at radius 1 is 1.00 bits per heavy atom. The van der Waals surface area contributed by atoms with Crippen LogP contribution in [0.2, 0.25) is 0 Å². The van der Waals surface area contributed by atoms with Gasteiger partial charge in [0.2, 0.25) is 0 Å². The minimum Gasteiger partial charge on any atom is -0.456 e. The van der Waals surface area contributed by atoms with Gasteiger partial charge in [-0.2, -0.15) is 0 Å². The molecule has 4 nitrogen and oxygen atoms in total. The van der Waals surface area contributed by atoms with Gasteiger partial charge < -0.3 is 10.5 Å². The average Bonchev–Trinajstić information content (AvgIpc) is 2.40. The summed E-state index contributed by atoms with van der Waals surface area (Å²) in [6, 6.07) is 13.4. The lowest BCUT2D eigenvalue weighted by molar-refractivity contribution is 0.0998. The molecule has 0 aromatic heterocycles. The number of ether oxygens (including phenoxy) is 1. The third-order valence-corrected chi connectivity index (χ3v) is 2.42. The van der Waals surface area contributed by atoms with Crippen molar-refractivity contribution in [3.05, 3.63) is 59.7 Å². The standard InChI is InChI=1S/C14H11NO3/c15-14(17)11-6-2-4-8-13(11)18-12-7-3-1-5-10(12)9-16/h1-9H,(H2,15,17). The van der Waals surface area contributed by atoms with Crippen molar-refractivity contribution in [2.75, 3.05) is 0 Å². The van der Waals surface area contributed by atoms with Crippen LogP contribution in [0.4, 0.5) is 0 Å². The summed E-state index contributed by atoms with van der Waals surface area (Å²) in [5, 5.41) is 0. The predicted octanol–water partition coefficient (Wildman–Crippen LogP) is 2.39. The Hall–Kier alpha value is -2.62. The third-order valence-electron chi connectivity index (χ3n) is 2.42. The molecule has 1 amide bonds. The van der Waals surface area contributed by atoms with E-state index in [0.717, 1.165) is 0 Å². The molecule has 0 aliphatic carbocycles. The molecule has 4 heteroatoms. The van der Waals surface area contributed by atoms with Crippen LogP contribution in [-0.4, -0.2) is 12.2 Å². The van der Waals surface area contributed by atoms with Crippen LogP contribution in [0.5, 0.6) is 11.5 Å². The first-order chi connectivity index (χ1) is 8.72. The molecule has 18 heavy (non-hydrogen) atoms. The minimum absolute atomic E-state index is 0.276. The van der Waals surface area contributed by atoms with E-state index in [-0.39, 0.29) is 5.56 Å². The molecular formula is C14H11NO3. The summed E-state index contributed by atoms with van der Waals surface area (Å²) in [5.41, 5.74) is 5.94. The molecular weight excluding hydrogens is 230 g/mol. The van der Waals surface area contributed by atoms with Gasteiger partial charge in [0, 0.05) is 0 Å². The highest BCUT2D eigenvalue weighted by molar-refractivity contribution is 5.95. The number of carbonyl (C=O) groups is 2. The van der Waals surface area contributed by atoms with Crippen LogP contribution in [-0.2, 0) is 0 Å². The van der Waals surface area contributed by atoms with Gasteiger partial charge in [0.15, 0.2) is 6.29 Å². The van der Waals surface area contributed by atoms with Crippen molar-refractivity contribution in [2.24, 2.45) is 5.73 Å². The van der Waals surface area contributed by atoms with Crippen LogP contribution in [0, 0.1) is 0 Å². The number of aldehydes is 1. The van der Waals surface area contributed by atoms with Crippen molar-refractivity contribution in [2.45, 2.75) is 0 Å².